The summed E-state index contributed by atoms with van der Waals surface area (Å²) in [5.74, 6) is -2.11. The molecule has 0 saturated heterocycles. The van der Waals surface area contributed by atoms with Crippen LogP contribution in [0, 0.1) is 5.82 Å². The number of halogens is 1. The van der Waals surface area contributed by atoms with Gasteiger partial charge in [-0.3, -0.25) is 0 Å². The van der Waals surface area contributed by atoms with E-state index < -0.39 is 35.3 Å². The average Bonchev–Trinajstić information content (AvgIpc) is 3.27. The molecule has 5 aromatic rings. The third kappa shape index (κ3) is 15.2. The summed E-state index contributed by atoms with van der Waals surface area (Å²) < 4.78 is 48.0. The number of hydrogen-bond donors (Lipinski definition) is 0. The number of unbranched alkanes of at least 4 members (excludes halogenated alkanes) is 10. The predicted molar refractivity (Wildman–Crippen MR) is 230 cm³/mol. The highest BCUT2D eigenvalue weighted by molar-refractivity contribution is 5.95. The van der Waals surface area contributed by atoms with E-state index in [1.54, 1.807) is 48.5 Å². The molecule has 0 aliphatic carbocycles. The standard InChI is InChI=1S/C50H53FO10/c1-3-5-7-9-11-13-33-56-39-21-15-36(16-22-39)47(52)58-41-23-17-38(18-24-41)49(54)61-44-31-32-46(51)45(35-44)50(55)60-42-25-19-37(20-26-42)48(53)59-43-29-27-40(28-30-43)57-34-14-12-10-8-6-4-2/h15-32,35H,3-14,33-34H2,1-2H3. The summed E-state index contributed by atoms with van der Waals surface area (Å²) in [6, 6.07) is 28.0. The molecule has 320 valence electrons. The average molecular weight is 833 g/mol. The van der Waals surface area contributed by atoms with Gasteiger partial charge in [0.1, 0.15) is 40.3 Å². The van der Waals surface area contributed by atoms with E-state index >= 15 is 0 Å². The Labute approximate surface area is 356 Å². The lowest BCUT2D eigenvalue weighted by Crippen LogP contribution is -2.13. The number of esters is 4. The molecule has 0 atom stereocenters. The molecule has 0 fully saturated rings. The highest BCUT2D eigenvalue weighted by atomic mass is 19.1. The van der Waals surface area contributed by atoms with Crippen molar-refractivity contribution in [3.8, 4) is 34.5 Å². The first kappa shape index (κ1) is 45.6. The lowest BCUT2D eigenvalue weighted by molar-refractivity contribution is 0.0709. The molecule has 61 heavy (non-hydrogen) atoms. The highest BCUT2D eigenvalue weighted by Gasteiger charge is 2.19. The van der Waals surface area contributed by atoms with Crippen molar-refractivity contribution in [3.05, 3.63) is 143 Å². The molecule has 0 amide bonds. The number of carbonyl (C=O) groups is 4. The van der Waals surface area contributed by atoms with Gasteiger partial charge in [-0.25, -0.2) is 23.6 Å². The fraction of sp³-hybridized carbons (Fsp3) is 0.320. The zero-order valence-electron chi connectivity index (χ0n) is 34.8. The molecule has 11 heteroatoms. The molecule has 0 bridgehead atoms. The van der Waals surface area contributed by atoms with Crippen molar-refractivity contribution in [1.29, 1.82) is 0 Å². The second kappa shape index (κ2) is 24.6. The zero-order chi connectivity index (χ0) is 43.2. The second-order valence-electron chi connectivity index (χ2n) is 14.5. The molecular weight excluding hydrogens is 780 g/mol. The van der Waals surface area contributed by atoms with Crippen LogP contribution in [-0.4, -0.2) is 37.1 Å². The van der Waals surface area contributed by atoms with Gasteiger partial charge in [0.15, 0.2) is 0 Å². The van der Waals surface area contributed by atoms with Gasteiger partial charge in [-0.05, 0) is 128 Å². The molecule has 0 aliphatic heterocycles. The summed E-state index contributed by atoms with van der Waals surface area (Å²) in [6.45, 7) is 5.62. The Bertz CT molecular complexity index is 2150. The first-order valence-electron chi connectivity index (χ1n) is 21.1. The van der Waals surface area contributed by atoms with E-state index in [4.69, 9.17) is 28.4 Å². The Morgan fingerprint density at radius 3 is 1.11 bits per heavy atom. The van der Waals surface area contributed by atoms with E-state index in [1.807, 2.05) is 0 Å². The van der Waals surface area contributed by atoms with Crippen LogP contribution in [0.5, 0.6) is 34.5 Å². The molecule has 0 radical (unpaired) electrons. The molecule has 0 saturated carbocycles. The molecule has 10 nitrogen and oxygen atoms in total. The van der Waals surface area contributed by atoms with E-state index in [2.05, 4.69) is 13.8 Å². The number of benzene rings is 5. The first-order chi connectivity index (χ1) is 29.7. The topological polar surface area (TPSA) is 124 Å². The SMILES string of the molecule is CCCCCCCCOc1ccc(OC(=O)c2ccc(OC(=O)c3cc(OC(=O)c4ccc(OC(=O)c5ccc(OCCCCCCCC)cc5)cc4)ccc3F)cc2)cc1. The molecule has 0 unspecified atom stereocenters. The van der Waals surface area contributed by atoms with Crippen molar-refractivity contribution in [3.63, 3.8) is 0 Å². The lowest BCUT2D eigenvalue weighted by atomic mass is 10.1. The highest BCUT2D eigenvalue weighted by Crippen LogP contribution is 2.24. The first-order valence-corrected chi connectivity index (χ1v) is 21.1. The molecule has 0 spiro atoms. The van der Waals surface area contributed by atoms with Crippen LogP contribution in [0.15, 0.2) is 115 Å². The summed E-state index contributed by atoms with van der Waals surface area (Å²) in [5.41, 5.74) is 0.167. The summed E-state index contributed by atoms with van der Waals surface area (Å²) in [5, 5.41) is 0. The van der Waals surface area contributed by atoms with Gasteiger partial charge >= 0.3 is 23.9 Å². The Morgan fingerprint density at radius 2 is 0.689 bits per heavy atom. The monoisotopic (exact) mass is 832 g/mol. The summed E-state index contributed by atoms with van der Waals surface area (Å²) in [7, 11) is 0. The normalized spacial score (nSPS) is 10.7. The maximum Gasteiger partial charge on any atom is 0.346 e. The van der Waals surface area contributed by atoms with Crippen LogP contribution in [0.25, 0.3) is 0 Å². The Kier molecular flexibility index (Phi) is 18.4. The van der Waals surface area contributed by atoms with Crippen LogP contribution in [-0.2, 0) is 0 Å². The van der Waals surface area contributed by atoms with Gasteiger partial charge in [0.05, 0.1) is 35.5 Å². The predicted octanol–water partition coefficient (Wildman–Crippen LogP) is 12.2. The van der Waals surface area contributed by atoms with Crippen LogP contribution in [0.3, 0.4) is 0 Å². The molecule has 5 aromatic carbocycles. The minimum absolute atomic E-state index is 0.0424. The number of hydrogen-bond acceptors (Lipinski definition) is 10. The third-order valence-corrected chi connectivity index (χ3v) is 9.63. The van der Waals surface area contributed by atoms with Gasteiger partial charge in [0.2, 0.25) is 0 Å². The van der Waals surface area contributed by atoms with Crippen LogP contribution in [0.4, 0.5) is 4.39 Å². The van der Waals surface area contributed by atoms with Gasteiger partial charge in [-0.2, -0.15) is 0 Å². The summed E-state index contributed by atoms with van der Waals surface area (Å²) in [4.78, 5) is 51.3. The van der Waals surface area contributed by atoms with Gasteiger partial charge in [-0.1, -0.05) is 78.1 Å². The van der Waals surface area contributed by atoms with E-state index in [0.29, 0.717) is 36.0 Å². The molecule has 0 aromatic heterocycles. The smallest absolute Gasteiger partial charge is 0.346 e. The maximum atomic E-state index is 14.8. The Hall–Kier alpha value is -6.49. The minimum atomic E-state index is -1.05. The van der Waals surface area contributed by atoms with Crippen LogP contribution >= 0.6 is 0 Å². The molecule has 0 heterocycles. The van der Waals surface area contributed by atoms with Crippen molar-refractivity contribution in [2.24, 2.45) is 0 Å². The van der Waals surface area contributed by atoms with Gasteiger partial charge < -0.3 is 28.4 Å². The van der Waals surface area contributed by atoms with Crippen molar-refractivity contribution >= 4 is 23.9 Å². The maximum absolute atomic E-state index is 14.8. The van der Waals surface area contributed by atoms with E-state index in [0.717, 1.165) is 37.8 Å². The lowest BCUT2D eigenvalue weighted by Gasteiger charge is -2.10. The van der Waals surface area contributed by atoms with Gasteiger partial charge in [0.25, 0.3) is 0 Å². The van der Waals surface area contributed by atoms with Crippen molar-refractivity contribution in [2.75, 3.05) is 13.2 Å². The Morgan fingerprint density at radius 1 is 0.377 bits per heavy atom. The zero-order valence-corrected chi connectivity index (χ0v) is 34.8. The largest absolute Gasteiger partial charge is 0.494 e. The number of carbonyl (C=O) groups excluding carboxylic acids is 4. The van der Waals surface area contributed by atoms with E-state index in [-0.39, 0.29) is 28.4 Å². The fourth-order valence-corrected chi connectivity index (χ4v) is 6.14. The summed E-state index contributed by atoms with van der Waals surface area (Å²) in [6.07, 6.45) is 14.0. The van der Waals surface area contributed by atoms with Gasteiger partial charge in [0, 0.05) is 0 Å². The minimum Gasteiger partial charge on any atom is -0.494 e. The van der Waals surface area contributed by atoms with Crippen LogP contribution in [0.2, 0.25) is 0 Å². The number of ether oxygens (including phenoxy) is 6. The van der Waals surface area contributed by atoms with E-state index in [1.165, 1.54) is 106 Å². The van der Waals surface area contributed by atoms with Gasteiger partial charge in [-0.15, -0.1) is 0 Å². The van der Waals surface area contributed by atoms with Crippen molar-refractivity contribution in [1.82, 2.24) is 0 Å². The van der Waals surface area contributed by atoms with Crippen LogP contribution < -0.4 is 28.4 Å². The fourth-order valence-electron chi connectivity index (χ4n) is 6.14. The molecule has 0 N–H and O–H groups in total. The number of rotatable bonds is 24. The van der Waals surface area contributed by atoms with Crippen molar-refractivity contribution < 1.29 is 52.0 Å². The molecule has 5 rings (SSSR count). The van der Waals surface area contributed by atoms with Crippen LogP contribution in [0.1, 0.15) is 132 Å². The summed E-state index contributed by atoms with van der Waals surface area (Å²) >= 11 is 0. The second-order valence-corrected chi connectivity index (χ2v) is 14.5. The van der Waals surface area contributed by atoms with E-state index in [9.17, 15) is 23.6 Å². The Balaban J connectivity index is 1.06. The quantitative estimate of drug-likeness (QED) is 0.0337. The van der Waals surface area contributed by atoms with Crippen molar-refractivity contribution in [2.45, 2.75) is 90.9 Å². The third-order valence-electron chi connectivity index (χ3n) is 9.63. The molecular formula is C50H53FO10. The molecule has 0 aliphatic rings.